The van der Waals surface area contributed by atoms with Gasteiger partial charge in [-0.2, -0.15) is 0 Å². The van der Waals surface area contributed by atoms with Gasteiger partial charge in [-0.15, -0.1) is 0 Å². The van der Waals surface area contributed by atoms with Crippen LogP contribution in [0.25, 0.3) is 0 Å². The highest BCUT2D eigenvalue weighted by Gasteiger charge is 2.46. The van der Waals surface area contributed by atoms with Gasteiger partial charge in [0.05, 0.1) is 25.5 Å². The molecule has 5 heteroatoms. The molecule has 1 aromatic heterocycles. The van der Waals surface area contributed by atoms with Gasteiger partial charge in [0.15, 0.2) is 0 Å². The van der Waals surface area contributed by atoms with Gasteiger partial charge in [0.1, 0.15) is 5.76 Å². The highest BCUT2D eigenvalue weighted by molar-refractivity contribution is 5.83. The van der Waals surface area contributed by atoms with Crippen molar-refractivity contribution in [2.45, 2.75) is 18.4 Å². The molecule has 0 radical (unpaired) electrons. The largest absolute Gasteiger partial charge is 0.469 e. The van der Waals surface area contributed by atoms with Gasteiger partial charge >= 0.3 is 0 Å². The number of furan rings is 1. The van der Waals surface area contributed by atoms with Crippen LogP contribution in [0.15, 0.2) is 53.1 Å². The van der Waals surface area contributed by atoms with Crippen LogP contribution in [0.4, 0.5) is 0 Å². The average Bonchev–Trinajstić information content (AvgIpc) is 3.28. The van der Waals surface area contributed by atoms with Gasteiger partial charge in [0, 0.05) is 31.5 Å². The zero-order valence-corrected chi connectivity index (χ0v) is 14.3. The summed E-state index contributed by atoms with van der Waals surface area (Å²) in [6, 6.07) is 14.1. The van der Waals surface area contributed by atoms with E-state index in [0.717, 1.165) is 50.6 Å². The number of carbonyl (C=O) groups excluding carboxylic acids is 1. The summed E-state index contributed by atoms with van der Waals surface area (Å²) in [5.74, 6) is 1.31. The Hall–Kier alpha value is -2.11. The summed E-state index contributed by atoms with van der Waals surface area (Å²) in [6.45, 7) is 4.17. The minimum atomic E-state index is 0.00431. The molecule has 1 saturated carbocycles. The van der Waals surface area contributed by atoms with Crippen LogP contribution in [-0.2, 0) is 9.53 Å². The van der Waals surface area contributed by atoms with Crippen molar-refractivity contribution in [2.75, 3.05) is 32.8 Å². The SMILES string of the molecule is O=C(N[C@H](CN1CCOCC1)c1ccccc1)[C@H]1C[C@H]1c1ccco1. The van der Waals surface area contributed by atoms with E-state index in [1.807, 2.05) is 30.3 Å². The number of benzene rings is 1. The molecule has 1 aromatic carbocycles. The number of rotatable bonds is 6. The van der Waals surface area contributed by atoms with Crippen LogP contribution in [0.2, 0.25) is 0 Å². The first kappa shape index (κ1) is 16.4. The fraction of sp³-hybridized carbons (Fsp3) is 0.450. The highest BCUT2D eigenvalue weighted by Crippen LogP contribution is 2.47. The number of nitrogens with one attached hydrogen (secondary N) is 1. The van der Waals surface area contributed by atoms with Crippen LogP contribution in [0.1, 0.15) is 29.7 Å². The maximum Gasteiger partial charge on any atom is 0.224 e. The molecule has 2 aromatic rings. The van der Waals surface area contributed by atoms with Gasteiger partial charge in [-0.1, -0.05) is 30.3 Å². The Morgan fingerprint density at radius 3 is 2.68 bits per heavy atom. The topological polar surface area (TPSA) is 54.7 Å². The summed E-state index contributed by atoms with van der Waals surface area (Å²) in [5, 5.41) is 3.27. The van der Waals surface area contributed by atoms with E-state index in [2.05, 4.69) is 22.3 Å². The van der Waals surface area contributed by atoms with Crippen LogP contribution in [-0.4, -0.2) is 43.7 Å². The molecule has 132 valence electrons. The number of morpholine rings is 1. The molecule has 2 heterocycles. The lowest BCUT2D eigenvalue weighted by molar-refractivity contribution is -0.123. The predicted molar refractivity (Wildman–Crippen MR) is 94.1 cm³/mol. The molecule has 2 fully saturated rings. The second-order valence-corrected chi connectivity index (χ2v) is 6.85. The summed E-state index contributed by atoms with van der Waals surface area (Å²) in [5.41, 5.74) is 1.15. The van der Waals surface area contributed by atoms with Crippen molar-refractivity contribution in [1.82, 2.24) is 10.2 Å². The van der Waals surface area contributed by atoms with E-state index < -0.39 is 0 Å². The third-order valence-corrected chi connectivity index (χ3v) is 5.10. The van der Waals surface area contributed by atoms with Gasteiger partial charge in [0.2, 0.25) is 5.91 Å². The second-order valence-electron chi connectivity index (χ2n) is 6.85. The number of hydrogen-bond donors (Lipinski definition) is 1. The van der Waals surface area contributed by atoms with Crippen molar-refractivity contribution in [2.24, 2.45) is 5.92 Å². The van der Waals surface area contributed by atoms with Gasteiger partial charge in [-0.05, 0) is 24.1 Å². The second kappa shape index (κ2) is 7.42. The third kappa shape index (κ3) is 3.94. The molecule has 1 amide bonds. The van der Waals surface area contributed by atoms with Crippen molar-refractivity contribution in [3.63, 3.8) is 0 Å². The number of nitrogens with zero attached hydrogens (tertiary/aromatic N) is 1. The minimum absolute atomic E-state index is 0.00431. The molecule has 3 atom stereocenters. The zero-order chi connectivity index (χ0) is 17.1. The Kier molecular flexibility index (Phi) is 4.85. The third-order valence-electron chi connectivity index (χ3n) is 5.10. The summed E-state index contributed by atoms with van der Waals surface area (Å²) in [6.07, 6.45) is 2.55. The molecule has 0 bridgehead atoms. The van der Waals surface area contributed by atoms with E-state index in [1.165, 1.54) is 0 Å². The summed E-state index contributed by atoms with van der Waals surface area (Å²) in [7, 11) is 0. The maximum absolute atomic E-state index is 12.7. The van der Waals surface area contributed by atoms with E-state index >= 15 is 0 Å². The Balaban J connectivity index is 1.42. The van der Waals surface area contributed by atoms with Crippen LogP contribution in [0.5, 0.6) is 0 Å². The van der Waals surface area contributed by atoms with Crippen molar-refractivity contribution in [3.05, 3.63) is 60.1 Å². The standard InChI is InChI=1S/C20H24N2O3/c23-20(17-13-16(17)19-7-4-10-25-19)21-18(15-5-2-1-3-6-15)14-22-8-11-24-12-9-22/h1-7,10,16-18H,8-9,11-14H2,(H,21,23)/t16-,17+,18-/m1/s1. The minimum Gasteiger partial charge on any atom is -0.469 e. The maximum atomic E-state index is 12.7. The summed E-state index contributed by atoms with van der Waals surface area (Å²) >= 11 is 0. The Labute approximate surface area is 148 Å². The smallest absolute Gasteiger partial charge is 0.224 e. The Morgan fingerprint density at radius 1 is 1.16 bits per heavy atom. The molecule has 1 aliphatic heterocycles. The normalized spacial score (nSPS) is 24.6. The van der Waals surface area contributed by atoms with Gasteiger partial charge < -0.3 is 14.5 Å². The Bertz CT molecular complexity index is 680. The van der Waals surface area contributed by atoms with Crippen molar-refractivity contribution in [1.29, 1.82) is 0 Å². The molecule has 1 N–H and O–H groups in total. The van der Waals surface area contributed by atoms with Crippen molar-refractivity contribution < 1.29 is 13.9 Å². The van der Waals surface area contributed by atoms with Crippen LogP contribution >= 0.6 is 0 Å². The van der Waals surface area contributed by atoms with Crippen molar-refractivity contribution in [3.8, 4) is 0 Å². The van der Waals surface area contributed by atoms with Gasteiger partial charge in [0.25, 0.3) is 0 Å². The molecule has 2 aliphatic rings. The van der Waals surface area contributed by atoms with E-state index in [4.69, 9.17) is 9.15 Å². The van der Waals surface area contributed by atoms with Crippen LogP contribution < -0.4 is 5.32 Å². The molecule has 4 rings (SSSR count). The van der Waals surface area contributed by atoms with E-state index in [-0.39, 0.29) is 23.8 Å². The first-order chi connectivity index (χ1) is 12.3. The first-order valence-corrected chi connectivity index (χ1v) is 9.00. The quantitative estimate of drug-likeness (QED) is 0.878. The lowest BCUT2D eigenvalue weighted by Gasteiger charge is -2.31. The molecule has 1 saturated heterocycles. The molecule has 5 nitrogen and oxygen atoms in total. The molecular weight excluding hydrogens is 316 g/mol. The van der Waals surface area contributed by atoms with Gasteiger partial charge in [-0.3, -0.25) is 9.69 Å². The number of ether oxygens (including phenoxy) is 1. The van der Waals surface area contributed by atoms with Crippen LogP contribution in [0, 0.1) is 5.92 Å². The fourth-order valence-electron chi connectivity index (χ4n) is 3.54. The van der Waals surface area contributed by atoms with E-state index in [9.17, 15) is 4.79 Å². The molecule has 25 heavy (non-hydrogen) atoms. The van der Waals surface area contributed by atoms with E-state index in [0.29, 0.717) is 0 Å². The lowest BCUT2D eigenvalue weighted by Crippen LogP contribution is -2.43. The molecule has 0 unspecified atom stereocenters. The lowest BCUT2D eigenvalue weighted by atomic mass is 10.1. The Morgan fingerprint density at radius 2 is 1.96 bits per heavy atom. The molecular formula is C20H24N2O3. The fourth-order valence-corrected chi connectivity index (χ4v) is 3.54. The molecule has 1 aliphatic carbocycles. The first-order valence-electron chi connectivity index (χ1n) is 9.00. The predicted octanol–water partition coefficient (Wildman–Crippen LogP) is 2.57. The summed E-state index contributed by atoms with van der Waals surface area (Å²) in [4.78, 5) is 15.1. The zero-order valence-electron chi connectivity index (χ0n) is 14.3. The van der Waals surface area contributed by atoms with Gasteiger partial charge in [-0.25, -0.2) is 0 Å². The number of carbonyl (C=O) groups is 1. The average molecular weight is 340 g/mol. The number of amides is 1. The highest BCUT2D eigenvalue weighted by atomic mass is 16.5. The van der Waals surface area contributed by atoms with Crippen LogP contribution in [0.3, 0.4) is 0 Å². The molecule has 0 spiro atoms. The van der Waals surface area contributed by atoms with Crippen molar-refractivity contribution >= 4 is 5.91 Å². The number of hydrogen-bond acceptors (Lipinski definition) is 4. The van der Waals surface area contributed by atoms with E-state index in [1.54, 1.807) is 6.26 Å². The monoisotopic (exact) mass is 340 g/mol. The summed E-state index contributed by atoms with van der Waals surface area (Å²) < 4.78 is 10.9.